The highest BCUT2D eigenvalue weighted by Crippen LogP contribution is 2.37. The maximum atomic E-state index is 13.5. The molecule has 190 valence electrons. The van der Waals surface area contributed by atoms with Gasteiger partial charge >= 0.3 is 0 Å². The van der Waals surface area contributed by atoms with Crippen LogP contribution >= 0.6 is 0 Å². The Morgan fingerprint density at radius 2 is 1.86 bits per heavy atom. The smallest absolute Gasteiger partial charge is 0.239 e. The number of fused-ring (bicyclic) bond motifs is 1. The van der Waals surface area contributed by atoms with E-state index in [4.69, 9.17) is 0 Å². The molecule has 0 spiro atoms. The summed E-state index contributed by atoms with van der Waals surface area (Å²) in [5.74, 6) is 0.750. The van der Waals surface area contributed by atoms with Crippen LogP contribution in [-0.2, 0) is 6.42 Å². The van der Waals surface area contributed by atoms with Gasteiger partial charge in [0.05, 0.1) is 36.3 Å². The number of hydrogen-bond donors (Lipinski definition) is 0. The molecule has 0 amide bonds. The van der Waals surface area contributed by atoms with Crippen molar-refractivity contribution in [3.8, 4) is 17.3 Å². The molecule has 7 nitrogen and oxygen atoms in total. The maximum absolute atomic E-state index is 13.5. The van der Waals surface area contributed by atoms with Gasteiger partial charge in [0, 0.05) is 23.3 Å². The number of nitrogens with zero attached hydrogens (tertiary/aromatic N) is 6. The summed E-state index contributed by atoms with van der Waals surface area (Å²) >= 11 is 0. The normalized spacial score (nSPS) is 15.8. The summed E-state index contributed by atoms with van der Waals surface area (Å²) in [6.45, 7) is 6.35. The summed E-state index contributed by atoms with van der Waals surface area (Å²) in [6.07, 6.45) is 13.3. The van der Waals surface area contributed by atoms with Gasteiger partial charge in [-0.3, -0.25) is 14.0 Å². The van der Waals surface area contributed by atoms with Crippen molar-refractivity contribution in [2.75, 3.05) is 0 Å². The van der Waals surface area contributed by atoms with Crippen molar-refractivity contribution in [2.45, 2.75) is 71.3 Å². The number of rotatable bonds is 8. The number of carbonyl (C=O) groups is 1. The third kappa shape index (κ3) is 5.06. The zero-order chi connectivity index (χ0) is 25.9. The van der Waals surface area contributed by atoms with Gasteiger partial charge in [-0.15, -0.1) is 0 Å². The minimum absolute atomic E-state index is 0.0257. The van der Waals surface area contributed by atoms with Crippen LogP contribution in [0.25, 0.3) is 22.3 Å². The summed E-state index contributed by atoms with van der Waals surface area (Å²) in [6, 6.07) is 12.7. The Kier molecular flexibility index (Phi) is 7.18. The second kappa shape index (κ2) is 10.7. The van der Waals surface area contributed by atoms with E-state index in [0.29, 0.717) is 23.9 Å². The van der Waals surface area contributed by atoms with Crippen LogP contribution in [0.4, 0.5) is 0 Å². The van der Waals surface area contributed by atoms with Crippen LogP contribution in [0, 0.1) is 23.2 Å². The quantitative estimate of drug-likeness (QED) is 0.276. The summed E-state index contributed by atoms with van der Waals surface area (Å²) < 4.78 is 3.57. The van der Waals surface area contributed by atoms with E-state index in [1.807, 2.05) is 30.1 Å². The fourth-order valence-corrected chi connectivity index (χ4v) is 5.68. The molecule has 4 aromatic rings. The van der Waals surface area contributed by atoms with Crippen molar-refractivity contribution in [1.29, 1.82) is 5.26 Å². The second-order valence-electron chi connectivity index (χ2n) is 10.7. The summed E-state index contributed by atoms with van der Waals surface area (Å²) in [5.41, 5.74) is 4.48. The third-order valence-corrected chi connectivity index (χ3v) is 7.67. The molecule has 0 saturated heterocycles. The zero-order valence-corrected chi connectivity index (χ0v) is 21.8. The zero-order valence-electron chi connectivity index (χ0n) is 21.8. The monoisotopic (exact) mass is 494 g/mol. The van der Waals surface area contributed by atoms with Gasteiger partial charge < -0.3 is 0 Å². The first kappa shape index (κ1) is 24.9. The lowest BCUT2D eigenvalue weighted by Crippen LogP contribution is -2.17. The topological polar surface area (TPSA) is 89.4 Å². The van der Waals surface area contributed by atoms with Crippen LogP contribution in [0.1, 0.15) is 80.8 Å². The average Bonchev–Trinajstić information content (AvgIpc) is 3.67. The molecule has 7 heteroatoms. The molecule has 0 bridgehead atoms. The molecule has 3 aromatic heterocycles. The third-order valence-electron chi connectivity index (χ3n) is 7.67. The number of hydrogen-bond acceptors (Lipinski definition) is 5. The van der Waals surface area contributed by atoms with Gasteiger partial charge in [0.2, 0.25) is 5.91 Å². The fourth-order valence-electron chi connectivity index (χ4n) is 5.68. The first-order valence-electron chi connectivity index (χ1n) is 13.3. The van der Waals surface area contributed by atoms with E-state index in [2.05, 4.69) is 59.2 Å². The molecule has 0 aliphatic heterocycles. The van der Waals surface area contributed by atoms with Gasteiger partial charge in [0.15, 0.2) is 5.65 Å². The summed E-state index contributed by atoms with van der Waals surface area (Å²) in [7, 11) is 0. The van der Waals surface area contributed by atoms with Crippen LogP contribution in [-0.4, -0.2) is 30.2 Å². The van der Waals surface area contributed by atoms with Crippen LogP contribution in [0.15, 0.2) is 55.2 Å². The van der Waals surface area contributed by atoms with Gasteiger partial charge in [-0.2, -0.15) is 10.4 Å². The highest BCUT2D eigenvalue weighted by Gasteiger charge is 2.27. The van der Waals surface area contributed by atoms with Gasteiger partial charge in [-0.1, -0.05) is 51.0 Å². The van der Waals surface area contributed by atoms with E-state index >= 15 is 0 Å². The largest absolute Gasteiger partial charge is 0.273 e. The summed E-state index contributed by atoms with van der Waals surface area (Å²) in [4.78, 5) is 22.5. The average molecular weight is 495 g/mol. The summed E-state index contributed by atoms with van der Waals surface area (Å²) in [5, 5.41) is 14.8. The number of benzene rings is 1. The molecule has 2 atom stereocenters. The minimum Gasteiger partial charge on any atom is -0.273 e. The van der Waals surface area contributed by atoms with Gasteiger partial charge in [0.25, 0.3) is 0 Å². The van der Waals surface area contributed by atoms with E-state index < -0.39 is 0 Å². The van der Waals surface area contributed by atoms with E-state index in [1.54, 1.807) is 10.8 Å². The SMILES string of the molecule is CC(C)Cc1ccc(C(C)C(=O)n2ccc3c(-c4cnn([C@H](CC#N)C5CCCC5)c4)ncnc32)cc1. The minimum atomic E-state index is -0.303. The Labute approximate surface area is 218 Å². The number of aromatic nitrogens is 5. The standard InChI is InChI=1S/C30H34N6O/c1-20(2)16-22-8-10-23(11-9-22)21(3)30(37)35-15-13-26-28(32-19-33-29(26)35)25-17-34-36(18-25)27(12-14-31)24-6-4-5-7-24/h8-11,13,15,17-21,24,27H,4-7,12,16H2,1-3H3/t21?,27-/m1/s1. The van der Waals surface area contributed by atoms with Gasteiger partial charge in [-0.05, 0) is 55.2 Å². The molecule has 1 aromatic carbocycles. The molecule has 3 heterocycles. The Bertz CT molecular complexity index is 1420. The Hall–Kier alpha value is -3.79. The van der Waals surface area contributed by atoms with Crippen molar-refractivity contribution in [1.82, 2.24) is 24.3 Å². The van der Waals surface area contributed by atoms with Crippen molar-refractivity contribution in [2.24, 2.45) is 11.8 Å². The number of nitriles is 1. The Morgan fingerprint density at radius 3 is 2.57 bits per heavy atom. The second-order valence-corrected chi connectivity index (χ2v) is 10.7. The lowest BCUT2D eigenvalue weighted by molar-refractivity contribution is 0.0889. The van der Waals surface area contributed by atoms with Crippen LogP contribution in [0.5, 0.6) is 0 Å². The molecular weight excluding hydrogens is 460 g/mol. The Morgan fingerprint density at radius 1 is 1.11 bits per heavy atom. The fraction of sp³-hybridized carbons (Fsp3) is 0.433. The molecule has 1 unspecified atom stereocenters. The molecule has 37 heavy (non-hydrogen) atoms. The molecule has 1 fully saturated rings. The first-order chi connectivity index (χ1) is 18.0. The molecule has 1 saturated carbocycles. The van der Waals surface area contributed by atoms with Gasteiger partial charge in [-0.25, -0.2) is 9.97 Å². The first-order valence-corrected chi connectivity index (χ1v) is 13.3. The van der Waals surface area contributed by atoms with Crippen molar-refractivity contribution in [3.63, 3.8) is 0 Å². The Balaban J connectivity index is 1.41. The molecule has 5 rings (SSSR count). The lowest BCUT2D eigenvalue weighted by Gasteiger charge is -2.21. The molecule has 1 aliphatic carbocycles. The van der Waals surface area contributed by atoms with E-state index in [9.17, 15) is 10.1 Å². The molecule has 1 aliphatic rings. The molecule has 0 N–H and O–H groups in total. The highest BCUT2D eigenvalue weighted by atomic mass is 16.2. The van der Waals surface area contributed by atoms with E-state index in [1.165, 1.54) is 24.7 Å². The van der Waals surface area contributed by atoms with Crippen LogP contribution in [0.2, 0.25) is 0 Å². The predicted octanol–water partition coefficient (Wildman–Crippen LogP) is 6.58. The van der Waals surface area contributed by atoms with Crippen molar-refractivity contribution < 1.29 is 4.79 Å². The van der Waals surface area contributed by atoms with Crippen LogP contribution < -0.4 is 0 Å². The van der Waals surface area contributed by atoms with E-state index in [0.717, 1.165) is 41.5 Å². The van der Waals surface area contributed by atoms with Gasteiger partial charge in [0.1, 0.15) is 6.33 Å². The van der Waals surface area contributed by atoms with E-state index in [-0.39, 0.29) is 17.9 Å². The van der Waals surface area contributed by atoms with Crippen LogP contribution in [0.3, 0.4) is 0 Å². The number of carbonyl (C=O) groups excluding carboxylic acids is 1. The molecule has 0 radical (unpaired) electrons. The predicted molar refractivity (Wildman–Crippen MR) is 144 cm³/mol. The molecular formula is C30H34N6O. The highest BCUT2D eigenvalue weighted by molar-refractivity contribution is 5.98. The van der Waals surface area contributed by atoms with Crippen molar-refractivity contribution >= 4 is 16.9 Å². The maximum Gasteiger partial charge on any atom is 0.239 e. The lowest BCUT2D eigenvalue weighted by atomic mass is 9.96. The van der Waals surface area contributed by atoms with Crippen molar-refractivity contribution in [3.05, 3.63) is 66.4 Å².